The highest BCUT2D eigenvalue weighted by Crippen LogP contribution is 2.31. The van der Waals surface area contributed by atoms with Gasteiger partial charge in [-0.25, -0.2) is 4.98 Å². The smallest absolute Gasteiger partial charge is 0.267 e. The maximum absolute atomic E-state index is 12.8. The van der Waals surface area contributed by atoms with Crippen molar-refractivity contribution in [1.82, 2.24) is 9.55 Å². The zero-order valence-electron chi connectivity index (χ0n) is 12.8. The highest BCUT2D eigenvalue weighted by molar-refractivity contribution is 7.22. The van der Waals surface area contributed by atoms with Crippen molar-refractivity contribution in [2.45, 2.75) is 13.5 Å². The highest BCUT2D eigenvalue weighted by atomic mass is 32.1. The number of para-hydroxylation sites is 1. The van der Waals surface area contributed by atoms with Gasteiger partial charge in [-0.15, -0.1) is 22.7 Å². The molecule has 4 rings (SSSR count). The largest absolute Gasteiger partial charge is 0.308 e. The summed E-state index contributed by atoms with van der Waals surface area (Å²) in [7, 11) is 0. The molecule has 0 unspecified atom stereocenters. The van der Waals surface area contributed by atoms with Crippen LogP contribution in [0.25, 0.3) is 21.0 Å². The monoisotopic (exact) mass is 355 g/mol. The number of nitrogens with one attached hydrogen (secondary N) is 1. The fourth-order valence-corrected chi connectivity index (χ4v) is 4.38. The van der Waals surface area contributed by atoms with Crippen molar-refractivity contribution in [2.75, 3.05) is 5.32 Å². The molecule has 0 aliphatic heterocycles. The Morgan fingerprint density at radius 2 is 2.12 bits per heavy atom. The molecule has 3 aromatic heterocycles. The van der Waals surface area contributed by atoms with Gasteiger partial charge >= 0.3 is 0 Å². The van der Waals surface area contributed by atoms with Crippen LogP contribution in [0.5, 0.6) is 0 Å². The molecule has 0 fully saturated rings. The Morgan fingerprint density at radius 3 is 2.88 bits per heavy atom. The van der Waals surface area contributed by atoms with Crippen LogP contribution in [-0.2, 0) is 6.54 Å². The van der Waals surface area contributed by atoms with Gasteiger partial charge in [-0.2, -0.15) is 0 Å². The normalized spacial score (nSPS) is 11.2. The summed E-state index contributed by atoms with van der Waals surface area (Å²) >= 11 is 2.70. The van der Waals surface area contributed by atoms with Crippen LogP contribution in [0, 0.1) is 0 Å². The van der Waals surface area contributed by atoms with Gasteiger partial charge in [-0.1, -0.05) is 18.2 Å². The van der Waals surface area contributed by atoms with E-state index in [9.17, 15) is 9.59 Å². The van der Waals surface area contributed by atoms with E-state index in [-0.39, 0.29) is 11.5 Å². The first-order valence-electron chi connectivity index (χ1n) is 7.45. The maximum Gasteiger partial charge on any atom is 0.267 e. The summed E-state index contributed by atoms with van der Waals surface area (Å²) in [4.78, 5) is 29.8. The van der Waals surface area contributed by atoms with Crippen molar-refractivity contribution in [3.63, 3.8) is 0 Å². The van der Waals surface area contributed by atoms with Crippen molar-refractivity contribution in [2.24, 2.45) is 0 Å². The molecule has 1 aromatic carbocycles. The molecule has 0 radical (unpaired) electrons. The van der Waals surface area contributed by atoms with Gasteiger partial charge in [-0.05, 0) is 19.1 Å². The second-order valence-corrected chi connectivity index (χ2v) is 7.16. The van der Waals surface area contributed by atoms with Crippen LogP contribution in [0.15, 0.2) is 46.7 Å². The van der Waals surface area contributed by atoms with E-state index >= 15 is 0 Å². The SMILES string of the molecule is CCn1c(=O)c2cc(C(=O)Nc3nccs3)sc2c2ccccc21. The number of benzene rings is 1. The number of pyridine rings is 1. The number of amides is 1. The number of thiazole rings is 1. The van der Waals surface area contributed by atoms with Gasteiger partial charge in [0.1, 0.15) is 0 Å². The van der Waals surface area contributed by atoms with Gasteiger partial charge in [-0.3, -0.25) is 14.9 Å². The number of thiophene rings is 1. The summed E-state index contributed by atoms with van der Waals surface area (Å²) in [6, 6.07) is 9.48. The van der Waals surface area contributed by atoms with Gasteiger partial charge in [0.15, 0.2) is 5.13 Å². The van der Waals surface area contributed by atoms with E-state index in [0.29, 0.717) is 21.9 Å². The molecule has 24 heavy (non-hydrogen) atoms. The van der Waals surface area contributed by atoms with Crippen LogP contribution in [-0.4, -0.2) is 15.5 Å². The van der Waals surface area contributed by atoms with Crippen molar-refractivity contribution < 1.29 is 4.79 Å². The molecule has 0 aliphatic rings. The highest BCUT2D eigenvalue weighted by Gasteiger charge is 2.17. The number of aromatic nitrogens is 2. The molecule has 0 saturated carbocycles. The summed E-state index contributed by atoms with van der Waals surface area (Å²) in [6.45, 7) is 2.54. The molecule has 0 saturated heterocycles. The molecule has 0 atom stereocenters. The number of rotatable bonds is 3. The molecule has 0 spiro atoms. The Bertz CT molecular complexity index is 1110. The van der Waals surface area contributed by atoms with Gasteiger partial charge in [0, 0.05) is 28.2 Å². The number of carbonyl (C=O) groups is 1. The van der Waals surface area contributed by atoms with Crippen LogP contribution in [0.1, 0.15) is 16.6 Å². The van der Waals surface area contributed by atoms with Crippen molar-refractivity contribution in [3.8, 4) is 0 Å². The van der Waals surface area contributed by atoms with E-state index in [1.54, 1.807) is 22.2 Å². The third-order valence-electron chi connectivity index (χ3n) is 3.84. The second-order valence-electron chi connectivity index (χ2n) is 5.21. The standard InChI is InChI=1S/C17H13N3O2S2/c1-2-20-12-6-4-3-5-10(12)14-11(16(20)22)9-13(24-14)15(21)19-17-18-7-8-23-17/h3-9H,2H2,1H3,(H,18,19,21). The molecular weight excluding hydrogens is 342 g/mol. The fourth-order valence-electron chi connectivity index (χ4n) is 2.78. The number of carbonyl (C=O) groups excluding carboxylic acids is 1. The Labute approximate surface area is 145 Å². The van der Waals surface area contributed by atoms with Crippen LogP contribution in [0.2, 0.25) is 0 Å². The van der Waals surface area contributed by atoms with Crippen LogP contribution in [0.4, 0.5) is 5.13 Å². The molecule has 7 heteroatoms. The fraction of sp³-hybridized carbons (Fsp3) is 0.118. The first-order valence-corrected chi connectivity index (χ1v) is 9.14. The summed E-state index contributed by atoms with van der Waals surface area (Å²) in [5, 5.41) is 6.69. The number of fused-ring (bicyclic) bond motifs is 3. The Balaban J connectivity index is 1.92. The third kappa shape index (κ3) is 2.33. The summed E-state index contributed by atoms with van der Waals surface area (Å²) in [6.07, 6.45) is 1.64. The molecule has 0 bridgehead atoms. The topological polar surface area (TPSA) is 64.0 Å². The lowest BCUT2D eigenvalue weighted by atomic mass is 10.1. The molecule has 4 aromatic rings. The predicted molar refractivity (Wildman–Crippen MR) is 99.3 cm³/mol. The van der Waals surface area contributed by atoms with Crippen molar-refractivity contribution in [3.05, 3.63) is 57.1 Å². The van der Waals surface area contributed by atoms with Gasteiger partial charge in [0.2, 0.25) is 0 Å². The van der Waals surface area contributed by atoms with E-state index < -0.39 is 0 Å². The second kappa shape index (κ2) is 5.85. The molecular formula is C17H13N3O2S2. The van der Waals surface area contributed by atoms with Crippen LogP contribution < -0.4 is 10.9 Å². The number of hydrogen-bond acceptors (Lipinski definition) is 5. The minimum absolute atomic E-state index is 0.0595. The zero-order valence-corrected chi connectivity index (χ0v) is 14.4. The van der Waals surface area contributed by atoms with E-state index in [2.05, 4.69) is 10.3 Å². The quantitative estimate of drug-likeness (QED) is 0.605. The summed E-state index contributed by atoms with van der Waals surface area (Å²) in [5.74, 6) is -0.238. The first-order chi connectivity index (χ1) is 11.7. The van der Waals surface area contributed by atoms with Gasteiger partial charge in [0.25, 0.3) is 11.5 Å². The van der Waals surface area contributed by atoms with E-state index in [0.717, 1.165) is 15.6 Å². The third-order valence-corrected chi connectivity index (χ3v) is 5.70. The number of nitrogens with zero attached hydrogens (tertiary/aromatic N) is 2. The lowest BCUT2D eigenvalue weighted by molar-refractivity contribution is 0.103. The van der Waals surface area contributed by atoms with E-state index in [4.69, 9.17) is 0 Å². The average molecular weight is 355 g/mol. The average Bonchev–Trinajstić information content (AvgIpc) is 3.25. The molecule has 1 N–H and O–H groups in total. The number of anilines is 1. The number of hydrogen-bond donors (Lipinski definition) is 1. The van der Waals surface area contributed by atoms with Crippen molar-refractivity contribution >= 4 is 54.7 Å². The lowest BCUT2D eigenvalue weighted by Crippen LogP contribution is -2.19. The predicted octanol–water partition coefficient (Wildman–Crippen LogP) is 3.94. The molecule has 1 amide bonds. The Hall–Kier alpha value is -2.51. The Morgan fingerprint density at radius 1 is 1.29 bits per heavy atom. The van der Waals surface area contributed by atoms with Gasteiger partial charge in [0.05, 0.1) is 15.8 Å². The van der Waals surface area contributed by atoms with Crippen LogP contribution in [0.3, 0.4) is 0 Å². The van der Waals surface area contributed by atoms with E-state index in [1.165, 1.54) is 22.7 Å². The molecule has 3 heterocycles. The van der Waals surface area contributed by atoms with E-state index in [1.807, 2.05) is 31.2 Å². The minimum Gasteiger partial charge on any atom is -0.308 e. The Kier molecular flexibility index (Phi) is 3.66. The van der Waals surface area contributed by atoms with Crippen LogP contribution >= 0.6 is 22.7 Å². The lowest BCUT2D eigenvalue weighted by Gasteiger charge is -2.08. The van der Waals surface area contributed by atoms with Gasteiger partial charge < -0.3 is 4.57 Å². The first kappa shape index (κ1) is 15.0. The molecule has 0 aliphatic carbocycles. The zero-order chi connectivity index (χ0) is 16.7. The summed E-state index contributed by atoms with van der Waals surface area (Å²) in [5.41, 5.74) is 0.835. The minimum atomic E-state index is -0.238. The number of aryl methyl sites for hydroxylation is 1. The van der Waals surface area contributed by atoms with Crippen molar-refractivity contribution in [1.29, 1.82) is 0 Å². The maximum atomic E-state index is 12.8. The molecule has 5 nitrogen and oxygen atoms in total. The summed E-state index contributed by atoms with van der Waals surface area (Å²) < 4.78 is 2.59. The molecule has 120 valence electrons.